The van der Waals surface area contributed by atoms with Crippen LogP contribution in [0.1, 0.15) is 5.69 Å². The van der Waals surface area contributed by atoms with E-state index in [9.17, 15) is 14.9 Å². The van der Waals surface area contributed by atoms with E-state index < -0.39 is 4.92 Å². The second kappa shape index (κ2) is 7.53. The highest BCUT2D eigenvalue weighted by Crippen LogP contribution is 2.22. The van der Waals surface area contributed by atoms with Crippen LogP contribution in [0.25, 0.3) is 5.69 Å². The highest BCUT2D eigenvalue weighted by Gasteiger charge is 2.15. The van der Waals surface area contributed by atoms with Crippen molar-refractivity contribution < 1.29 is 9.66 Å². The zero-order valence-electron chi connectivity index (χ0n) is 13.8. The number of H-pyrrole nitrogens is 1. The number of benzene rings is 2. The molecular weight excluding hydrogens is 338 g/mol. The first-order valence-corrected chi connectivity index (χ1v) is 7.64. The Labute approximate surface area is 147 Å². The maximum Gasteiger partial charge on any atom is 0.299 e. The maximum absolute atomic E-state index is 12.7. The summed E-state index contributed by atoms with van der Waals surface area (Å²) >= 11 is 0. The Balaban J connectivity index is 1.97. The summed E-state index contributed by atoms with van der Waals surface area (Å²) in [6, 6.07) is 14.6. The van der Waals surface area contributed by atoms with Crippen molar-refractivity contribution in [3.05, 3.63) is 80.8 Å². The van der Waals surface area contributed by atoms with Crippen molar-refractivity contribution in [2.45, 2.75) is 6.61 Å². The van der Waals surface area contributed by atoms with Crippen molar-refractivity contribution >= 4 is 17.1 Å². The van der Waals surface area contributed by atoms with Gasteiger partial charge in [0, 0.05) is 19.2 Å². The first-order valence-electron chi connectivity index (χ1n) is 7.64. The first-order chi connectivity index (χ1) is 12.6. The number of hydrogen-bond acceptors (Lipinski definition) is 6. The SMILES string of the molecule is COCc1[nH]n(-c2ccccc2)c(=O)c1N=Nc1ccc([N+](=O)[O-])cc1. The molecule has 0 aliphatic rings. The number of rotatable bonds is 6. The molecule has 0 aliphatic heterocycles. The Hall–Kier alpha value is -3.59. The van der Waals surface area contributed by atoms with Crippen molar-refractivity contribution in [2.75, 3.05) is 7.11 Å². The predicted molar refractivity (Wildman–Crippen MR) is 94.4 cm³/mol. The van der Waals surface area contributed by atoms with Crippen molar-refractivity contribution in [2.24, 2.45) is 10.2 Å². The highest BCUT2D eigenvalue weighted by atomic mass is 16.6. The Morgan fingerprint density at radius 3 is 2.42 bits per heavy atom. The van der Waals surface area contributed by atoms with Crippen molar-refractivity contribution in [3.8, 4) is 5.69 Å². The molecule has 0 fully saturated rings. The van der Waals surface area contributed by atoms with Crippen molar-refractivity contribution in [1.82, 2.24) is 9.78 Å². The average molecular weight is 353 g/mol. The Morgan fingerprint density at radius 1 is 1.12 bits per heavy atom. The number of hydrogen-bond donors (Lipinski definition) is 1. The summed E-state index contributed by atoms with van der Waals surface area (Å²) in [5.74, 6) is 0. The van der Waals surface area contributed by atoms with Crippen LogP contribution in [0.4, 0.5) is 17.1 Å². The summed E-state index contributed by atoms with van der Waals surface area (Å²) in [5.41, 5.74) is 1.24. The molecule has 0 spiro atoms. The largest absolute Gasteiger partial charge is 0.378 e. The molecular formula is C17H15N5O4. The quantitative estimate of drug-likeness (QED) is 0.414. The second-order valence-corrected chi connectivity index (χ2v) is 5.32. The van der Waals surface area contributed by atoms with Gasteiger partial charge in [-0.05, 0) is 24.3 Å². The van der Waals surface area contributed by atoms with Crippen LogP contribution in [0.5, 0.6) is 0 Å². The second-order valence-electron chi connectivity index (χ2n) is 5.32. The number of nitro groups is 1. The molecule has 1 aromatic heterocycles. The van der Waals surface area contributed by atoms with E-state index in [0.29, 0.717) is 17.1 Å². The molecule has 3 rings (SSSR count). The fourth-order valence-corrected chi connectivity index (χ4v) is 2.33. The molecule has 1 N–H and O–H groups in total. The molecule has 9 nitrogen and oxygen atoms in total. The molecule has 0 bridgehead atoms. The topological polar surface area (TPSA) is 115 Å². The summed E-state index contributed by atoms with van der Waals surface area (Å²) in [5, 5.41) is 21.7. The van der Waals surface area contributed by atoms with E-state index in [0.717, 1.165) is 0 Å². The molecule has 0 saturated carbocycles. The molecule has 2 aromatic carbocycles. The number of nitrogens with one attached hydrogen (secondary N) is 1. The molecule has 0 atom stereocenters. The minimum atomic E-state index is -0.498. The van der Waals surface area contributed by atoms with Gasteiger partial charge in [-0.3, -0.25) is 20.0 Å². The lowest BCUT2D eigenvalue weighted by molar-refractivity contribution is -0.384. The van der Waals surface area contributed by atoms with Gasteiger partial charge in [-0.2, -0.15) is 5.11 Å². The van der Waals surface area contributed by atoms with E-state index in [-0.39, 0.29) is 23.5 Å². The molecule has 0 unspecified atom stereocenters. The van der Waals surface area contributed by atoms with Gasteiger partial charge in [0.2, 0.25) is 0 Å². The molecule has 0 radical (unpaired) electrons. The molecule has 0 saturated heterocycles. The Kier molecular flexibility index (Phi) is 4.99. The predicted octanol–water partition coefficient (Wildman–Crippen LogP) is 3.64. The number of para-hydroxylation sites is 1. The van der Waals surface area contributed by atoms with Crippen molar-refractivity contribution in [3.63, 3.8) is 0 Å². The van der Waals surface area contributed by atoms with Crippen LogP contribution in [0.2, 0.25) is 0 Å². The van der Waals surface area contributed by atoms with E-state index in [1.165, 1.54) is 36.1 Å². The van der Waals surface area contributed by atoms with Crippen LogP contribution in [0, 0.1) is 10.1 Å². The van der Waals surface area contributed by atoms with Crippen LogP contribution in [-0.2, 0) is 11.3 Å². The number of aromatic nitrogens is 2. The normalized spacial score (nSPS) is 11.1. The summed E-state index contributed by atoms with van der Waals surface area (Å²) in [4.78, 5) is 22.8. The van der Waals surface area contributed by atoms with Crippen LogP contribution in [0.15, 0.2) is 69.6 Å². The summed E-state index contributed by atoms with van der Waals surface area (Å²) in [6.45, 7) is 0.156. The van der Waals surface area contributed by atoms with E-state index in [4.69, 9.17) is 4.74 Å². The minimum Gasteiger partial charge on any atom is -0.378 e. The smallest absolute Gasteiger partial charge is 0.299 e. The zero-order chi connectivity index (χ0) is 18.5. The van der Waals surface area contributed by atoms with Gasteiger partial charge < -0.3 is 4.74 Å². The van der Waals surface area contributed by atoms with Crippen LogP contribution in [-0.4, -0.2) is 21.8 Å². The van der Waals surface area contributed by atoms with Gasteiger partial charge in [0.1, 0.15) is 0 Å². The van der Waals surface area contributed by atoms with Crippen molar-refractivity contribution in [1.29, 1.82) is 0 Å². The van der Waals surface area contributed by atoms with E-state index >= 15 is 0 Å². The number of nitro benzene ring substituents is 1. The number of methoxy groups -OCH3 is 1. The summed E-state index contributed by atoms with van der Waals surface area (Å²) in [7, 11) is 1.51. The highest BCUT2D eigenvalue weighted by molar-refractivity contribution is 5.46. The lowest BCUT2D eigenvalue weighted by Crippen LogP contribution is -2.13. The van der Waals surface area contributed by atoms with E-state index in [1.807, 2.05) is 18.2 Å². The Morgan fingerprint density at radius 2 is 1.81 bits per heavy atom. The number of non-ortho nitro benzene ring substituents is 1. The van der Waals surface area contributed by atoms with Gasteiger partial charge in [0.05, 0.1) is 28.6 Å². The molecule has 26 heavy (non-hydrogen) atoms. The fourth-order valence-electron chi connectivity index (χ4n) is 2.33. The van der Waals surface area contributed by atoms with Gasteiger partial charge in [-0.25, -0.2) is 4.68 Å². The molecule has 9 heteroatoms. The standard InChI is InChI=1S/C17H15N5O4/c1-26-11-15-16(17(23)21(20-15)13-5-3-2-4-6-13)19-18-12-7-9-14(10-8-12)22(24)25/h2-10,20H,11H2,1H3. The molecule has 0 amide bonds. The van der Waals surface area contributed by atoms with E-state index in [1.54, 1.807) is 12.1 Å². The molecule has 0 aliphatic carbocycles. The fraction of sp³-hybridized carbons (Fsp3) is 0.118. The van der Waals surface area contributed by atoms with Gasteiger partial charge >= 0.3 is 0 Å². The third-order valence-corrected chi connectivity index (χ3v) is 3.57. The lowest BCUT2D eigenvalue weighted by atomic mass is 10.3. The van der Waals surface area contributed by atoms with Crippen LogP contribution < -0.4 is 5.56 Å². The molecule has 3 aromatic rings. The summed E-state index contributed by atoms with van der Waals surface area (Å²) in [6.07, 6.45) is 0. The number of nitrogens with zero attached hydrogens (tertiary/aromatic N) is 4. The molecule has 132 valence electrons. The van der Waals surface area contributed by atoms with Gasteiger partial charge in [-0.15, -0.1) is 5.11 Å². The zero-order valence-corrected chi connectivity index (χ0v) is 13.8. The first kappa shape index (κ1) is 17.2. The third kappa shape index (κ3) is 3.57. The summed E-state index contributed by atoms with van der Waals surface area (Å²) < 4.78 is 6.47. The minimum absolute atomic E-state index is 0.0444. The van der Waals surface area contributed by atoms with Crippen LogP contribution >= 0.6 is 0 Å². The van der Waals surface area contributed by atoms with Crippen LogP contribution in [0.3, 0.4) is 0 Å². The van der Waals surface area contributed by atoms with Gasteiger partial charge in [0.25, 0.3) is 11.2 Å². The van der Waals surface area contributed by atoms with Gasteiger partial charge in [0.15, 0.2) is 5.69 Å². The maximum atomic E-state index is 12.7. The lowest BCUT2D eigenvalue weighted by Gasteiger charge is -2.00. The van der Waals surface area contributed by atoms with E-state index in [2.05, 4.69) is 15.3 Å². The monoisotopic (exact) mass is 353 g/mol. The molecule has 1 heterocycles. The number of aromatic amines is 1. The number of ether oxygens (including phenoxy) is 1. The van der Waals surface area contributed by atoms with Gasteiger partial charge in [-0.1, -0.05) is 18.2 Å². The number of azo groups is 1. The Bertz CT molecular complexity index is 990. The average Bonchev–Trinajstić information content (AvgIpc) is 2.97. The third-order valence-electron chi connectivity index (χ3n) is 3.57.